The van der Waals surface area contributed by atoms with Crippen molar-refractivity contribution in [3.63, 3.8) is 0 Å². The van der Waals surface area contributed by atoms with Crippen LogP contribution in [0.1, 0.15) is 22.0 Å². The molecule has 3 aromatic heterocycles. The molecule has 0 fully saturated rings. The molecule has 3 rings (SSSR count). The molecule has 21 heavy (non-hydrogen) atoms. The molecular formula is C14H17N5OS. The first-order chi connectivity index (χ1) is 9.95. The molecule has 3 aromatic rings. The number of aryl methyl sites for hydroxylation is 3. The summed E-state index contributed by atoms with van der Waals surface area (Å²) in [6, 6.07) is 1.95. The first-order valence-electron chi connectivity index (χ1n) is 6.67. The molecule has 0 radical (unpaired) electrons. The van der Waals surface area contributed by atoms with Gasteiger partial charge in [0, 0.05) is 23.7 Å². The molecule has 0 saturated carbocycles. The van der Waals surface area contributed by atoms with Crippen LogP contribution in [-0.2, 0) is 6.54 Å². The van der Waals surface area contributed by atoms with E-state index in [2.05, 4.69) is 20.2 Å². The second kappa shape index (κ2) is 5.00. The van der Waals surface area contributed by atoms with E-state index in [1.807, 2.05) is 38.8 Å². The molecule has 110 valence electrons. The Labute approximate surface area is 125 Å². The van der Waals surface area contributed by atoms with Gasteiger partial charge in [0.1, 0.15) is 10.7 Å². The largest absolute Gasteiger partial charge is 0.351 e. The fourth-order valence-corrected chi connectivity index (χ4v) is 3.33. The zero-order valence-electron chi connectivity index (χ0n) is 12.4. The van der Waals surface area contributed by atoms with Gasteiger partial charge in [0.25, 0.3) is 5.56 Å². The summed E-state index contributed by atoms with van der Waals surface area (Å²) in [7, 11) is 1.92. The standard InChI is InChI=1S/C14H17N5OS/c1-7-5-11(18-17-7)19(4)6-10-15-13(20)12-8(2)9(3)21-14(12)16-10/h5H,6H2,1-4H3,(H,17,18)(H,15,16,20). The van der Waals surface area contributed by atoms with Crippen molar-refractivity contribution in [2.45, 2.75) is 27.3 Å². The van der Waals surface area contributed by atoms with E-state index in [0.29, 0.717) is 17.8 Å². The van der Waals surface area contributed by atoms with Crippen molar-refractivity contribution in [1.82, 2.24) is 20.2 Å². The molecule has 2 N–H and O–H groups in total. The Morgan fingerprint density at radius 1 is 1.33 bits per heavy atom. The molecule has 0 aliphatic carbocycles. The maximum absolute atomic E-state index is 12.2. The van der Waals surface area contributed by atoms with Crippen LogP contribution in [0.25, 0.3) is 10.2 Å². The van der Waals surface area contributed by atoms with Gasteiger partial charge in [0.05, 0.1) is 11.9 Å². The number of fused-ring (bicyclic) bond motifs is 1. The van der Waals surface area contributed by atoms with E-state index in [-0.39, 0.29) is 5.56 Å². The Balaban J connectivity index is 1.96. The van der Waals surface area contributed by atoms with Crippen LogP contribution in [-0.4, -0.2) is 27.2 Å². The van der Waals surface area contributed by atoms with Crippen LogP contribution in [0.5, 0.6) is 0 Å². The monoisotopic (exact) mass is 303 g/mol. The average Bonchev–Trinajstić information content (AvgIpc) is 2.95. The summed E-state index contributed by atoms with van der Waals surface area (Å²) in [6.07, 6.45) is 0. The predicted octanol–water partition coefficient (Wildman–Crippen LogP) is 2.27. The second-order valence-electron chi connectivity index (χ2n) is 5.24. The van der Waals surface area contributed by atoms with E-state index in [9.17, 15) is 4.79 Å². The van der Waals surface area contributed by atoms with Gasteiger partial charge >= 0.3 is 0 Å². The van der Waals surface area contributed by atoms with Crippen molar-refractivity contribution in [3.8, 4) is 0 Å². The molecule has 0 bridgehead atoms. The summed E-state index contributed by atoms with van der Waals surface area (Å²) in [5.74, 6) is 1.48. The number of hydrogen-bond acceptors (Lipinski definition) is 5. The summed E-state index contributed by atoms with van der Waals surface area (Å²) >= 11 is 1.56. The highest BCUT2D eigenvalue weighted by molar-refractivity contribution is 7.18. The minimum atomic E-state index is -0.0662. The molecule has 3 heterocycles. The van der Waals surface area contributed by atoms with E-state index < -0.39 is 0 Å². The third kappa shape index (κ3) is 2.44. The minimum absolute atomic E-state index is 0.0662. The molecule has 7 heteroatoms. The number of nitrogens with zero attached hydrogens (tertiary/aromatic N) is 3. The molecule has 0 saturated heterocycles. The maximum Gasteiger partial charge on any atom is 0.259 e. The SMILES string of the molecule is Cc1cc(N(C)Cc2nc3sc(C)c(C)c3c(=O)[nH]2)n[nH]1. The molecule has 0 aliphatic rings. The van der Waals surface area contributed by atoms with Crippen LogP contribution in [0.3, 0.4) is 0 Å². The van der Waals surface area contributed by atoms with Crippen molar-refractivity contribution in [2.75, 3.05) is 11.9 Å². The van der Waals surface area contributed by atoms with Gasteiger partial charge in [-0.15, -0.1) is 11.3 Å². The van der Waals surface area contributed by atoms with Gasteiger partial charge in [-0.1, -0.05) is 0 Å². The maximum atomic E-state index is 12.2. The van der Waals surface area contributed by atoms with E-state index in [1.165, 1.54) is 0 Å². The van der Waals surface area contributed by atoms with Gasteiger partial charge in [-0.25, -0.2) is 4.98 Å². The second-order valence-corrected chi connectivity index (χ2v) is 6.44. The summed E-state index contributed by atoms with van der Waals surface area (Å²) in [6.45, 7) is 6.43. The Hall–Kier alpha value is -2.15. The van der Waals surface area contributed by atoms with Gasteiger partial charge in [0.2, 0.25) is 0 Å². The number of thiophene rings is 1. The predicted molar refractivity (Wildman–Crippen MR) is 85.1 cm³/mol. The molecule has 0 amide bonds. The number of H-pyrrole nitrogens is 2. The fraction of sp³-hybridized carbons (Fsp3) is 0.357. The lowest BCUT2D eigenvalue weighted by Gasteiger charge is -2.14. The van der Waals surface area contributed by atoms with Crippen LogP contribution in [0.4, 0.5) is 5.82 Å². The highest BCUT2D eigenvalue weighted by Gasteiger charge is 2.13. The lowest BCUT2D eigenvalue weighted by molar-refractivity contribution is 0.823. The van der Waals surface area contributed by atoms with Gasteiger partial charge in [-0.2, -0.15) is 5.10 Å². The van der Waals surface area contributed by atoms with Crippen LogP contribution >= 0.6 is 11.3 Å². The topological polar surface area (TPSA) is 77.7 Å². The van der Waals surface area contributed by atoms with Crippen molar-refractivity contribution in [3.05, 3.63) is 38.4 Å². The van der Waals surface area contributed by atoms with E-state index in [1.54, 1.807) is 11.3 Å². The molecule has 0 aliphatic heterocycles. The zero-order valence-corrected chi connectivity index (χ0v) is 13.3. The highest BCUT2D eigenvalue weighted by atomic mass is 32.1. The number of nitrogens with one attached hydrogen (secondary N) is 2. The molecular weight excluding hydrogens is 286 g/mol. The number of aromatic amines is 2. The van der Waals surface area contributed by atoms with Crippen LogP contribution < -0.4 is 10.5 Å². The van der Waals surface area contributed by atoms with E-state index in [4.69, 9.17) is 0 Å². The Morgan fingerprint density at radius 3 is 2.76 bits per heavy atom. The van der Waals surface area contributed by atoms with Crippen molar-refractivity contribution in [1.29, 1.82) is 0 Å². The first-order valence-corrected chi connectivity index (χ1v) is 7.49. The van der Waals surface area contributed by atoms with Crippen molar-refractivity contribution >= 4 is 27.4 Å². The third-order valence-corrected chi connectivity index (χ3v) is 4.66. The summed E-state index contributed by atoms with van der Waals surface area (Å²) in [5.41, 5.74) is 1.95. The molecule has 6 nitrogen and oxygen atoms in total. The average molecular weight is 303 g/mol. The van der Waals surface area contributed by atoms with Gasteiger partial charge in [-0.05, 0) is 26.3 Å². The van der Waals surface area contributed by atoms with Gasteiger partial charge in [-0.3, -0.25) is 9.89 Å². The highest BCUT2D eigenvalue weighted by Crippen LogP contribution is 2.25. The summed E-state index contributed by atoms with van der Waals surface area (Å²) in [4.78, 5) is 23.6. The minimum Gasteiger partial charge on any atom is -0.351 e. The molecule has 0 atom stereocenters. The normalized spacial score (nSPS) is 11.2. The Morgan fingerprint density at radius 2 is 2.10 bits per heavy atom. The number of aromatic nitrogens is 4. The molecule has 0 spiro atoms. The molecule has 0 aromatic carbocycles. The van der Waals surface area contributed by atoms with Crippen molar-refractivity contribution in [2.24, 2.45) is 0 Å². The van der Waals surface area contributed by atoms with E-state index in [0.717, 1.165) is 26.8 Å². The smallest absolute Gasteiger partial charge is 0.259 e. The summed E-state index contributed by atoms with van der Waals surface area (Å²) in [5, 5.41) is 7.81. The van der Waals surface area contributed by atoms with Crippen LogP contribution in [0.2, 0.25) is 0 Å². The quantitative estimate of drug-likeness (QED) is 0.778. The van der Waals surface area contributed by atoms with Gasteiger partial charge < -0.3 is 9.88 Å². The molecule has 0 unspecified atom stereocenters. The van der Waals surface area contributed by atoms with Crippen LogP contribution in [0.15, 0.2) is 10.9 Å². The van der Waals surface area contributed by atoms with Crippen LogP contribution in [0, 0.1) is 20.8 Å². The zero-order chi connectivity index (χ0) is 15.1. The van der Waals surface area contributed by atoms with Crippen molar-refractivity contribution < 1.29 is 0 Å². The Bertz CT molecular complexity index is 860. The third-order valence-electron chi connectivity index (χ3n) is 3.56. The Kier molecular flexibility index (Phi) is 3.29. The number of anilines is 1. The van der Waals surface area contributed by atoms with Gasteiger partial charge in [0.15, 0.2) is 5.82 Å². The first kappa shape index (κ1) is 13.8. The number of hydrogen-bond donors (Lipinski definition) is 2. The summed E-state index contributed by atoms with van der Waals surface area (Å²) < 4.78 is 0. The fourth-order valence-electron chi connectivity index (χ4n) is 2.28. The van der Waals surface area contributed by atoms with E-state index >= 15 is 0 Å². The lowest BCUT2D eigenvalue weighted by atomic mass is 10.2. The number of rotatable bonds is 3. The lowest BCUT2D eigenvalue weighted by Crippen LogP contribution is -2.21.